The van der Waals surface area contributed by atoms with Crippen LogP contribution >= 0.6 is 0 Å². The maximum absolute atomic E-state index is 14.6. The molecule has 1 fully saturated rings. The fourth-order valence-corrected chi connectivity index (χ4v) is 3.34. The average molecular weight is 429 g/mol. The third-order valence-electron chi connectivity index (χ3n) is 5.03. The lowest BCUT2D eigenvalue weighted by molar-refractivity contribution is 0.186. The predicted octanol–water partition coefficient (Wildman–Crippen LogP) is 3.70. The molecule has 4 N–H and O–H groups in total. The highest BCUT2D eigenvalue weighted by Gasteiger charge is 2.36. The quantitative estimate of drug-likeness (QED) is 0.475. The van der Waals surface area contributed by atoms with Crippen LogP contribution in [-0.4, -0.2) is 42.5 Å². The number of aromatic nitrogens is 1. The van der Waals surface area contributed by atoms with E-state index in [9.17, 15) is 14.4 Å². The van der Waals surface area contributed by atoms with E-state index in [-0.39, 0.29) is 29.2 Å². The van der Waals surface area contributed by atoms with E-state index in [2.05, 4.69) is 20.9 Å². The van der Waals surface area contributed by atoms with Gasteiger partial charge in [-0.05, 0) is 31.7 Å². The van der Waals surface area contributed by atoms with Crippen molar-refractivity contribution in [2.45, 2.75) is 31.8 Å². The molecule has 1 aliphatic rings. The first-order chi connectivity index (χ1) is 14.8. The van der Waals surface area contributed by atoms with Crippen LogP contribution in [0.1, 0.15) is 25.3 Å². The zero-order valence-corrected chi connectivity index (χ0v) is 17.4. The average Bonchev–Trinajstić information content (AvgIpc) is 3.58. The summed E-state index contributed by atoms with van der Waals surface area (Å²) in [5, 5.41) is 27.0. The summed E-state index contributed by atoms with van der Waals surface area (Å²) < 4.78 is 25.1. The van der Waals surface area contributed by atoms with Gasteiger partial charge in [-0.3, -0.25) is 0 Å². The Morgan fingerprint density at radius 3 is 2.39 bits per heavy atom. The largest absolute Gasteiger partial charge is 0.497 e. The predicted molar refractivity (Wildman–Crippen MR) is 112 cm³/mol. The van der Waals surface area contributed by atoms with E-state index in [1.165, 1.54) is 14.2 Å². The highest BCUT2D eigenvalue weighted by molar-refractivity contribution is 5.68. The SMILES string of the molecule is COc1cc(Nc2nc(N[C@H](C)[C@@H](NC(=O)O)C3CC3)c(F)cc2C#N)cc(OC)c1. The summed E-state index contributed by atoms with van der Waals surface area (Å²) in [6.45, 7) is 1.76. The van der Waals surface area contributed by atoms with Crippen LogP contribution in [0.5, 0.6) is 11.5 Å². The number of carboxylic acid groups (broad SMARTS) is 1. The fourth-order valence-electron chi connectivity index (χ4n) is 3.34. The van der Waals surface area contributed by atoms with Gasteiger partial charge in [0.2, 0.25) is 0 Å². The molecule has 2 atom stereocenters. The van der Waals surface area contributed by atoms with E-state index < -0.39 is 18.0 Å². The molecule has 0 spiro atoms. The Labute approximate surface area is 179 Å². The molecule has 1 aliphatic carbocycles. The minimum absolute atomic E-state index is 0.0138. The number of pyridine rings is 1. The van der Waals surface area contributed by atoms with Gasteiger partial charge in [0.25, 0.3) is 0 Å². The number of halogens is 1. The topological polar surface area (TPSA) is 129 Å². The van der Waals surface area contributed by atoms with Crippen molar-refractivity contribution < 1.29 is 23.8 Å². The number of anilines is 3. The third-order valence-corrected chi connectivity index (χ3v) is 5.03. The Morgan fingerprint density at radius 2 is 1.87 bits per heavy atom. The number of nitrogens with one attached hydrogen (secondary N) is 3. The molecule has 0 aliphatic heterocycles. The monoisotopic (exact) mass is 429 g/mol. The molecule has 0 radical (unpaired) electrons. The molecule has 9 nitrogen and oxygen atoms in total. The van der Waals surface area contributed by atoms with Crippen molar-refractivity contribution in [3.63, 3.8) is 0 Å². The Morgan fingerprint density at radius 1 is 1.23 bits per heavy atom. The maximum atomic E-state index is 14.6. The number of hydrogen-bond donors (Lipinski definition) is 4. The number of hydrogen-bond acceptors (Lipinski definition) is 7. The molecule has 3 rings (SSSR count). The van der Waals surface area contributed by atoms with Gasteiger partial charge in [-0.2, -0.15) is 5.26 Å². The van der Waals surface area contributed by atoms with Crippen LogP contribution < -0.4 is 25.4 Å². The lowest BCUT2D eigenvalue weighted by Crippen LogP contribution is -2.46. The standard InChI is InChI=1S/C21H24FN5O4/c1-11(18(12-4-5-12)26-21(28)29)24-20-17(22)6-13(10-23)19(27-20)25-14-7-15(30-2)9-16(8-14)31-3/h6-9,11-12,18,26H,4-5H2,1-3H3,(H,28,29)(H2,24,25,27)/t11-,18-/m1/s1. The Kier molecular flexibility index (Phi) is 6.65. The van der Waals surface area contributed by atoms with Crippen molar-refractivity contribution in [3.05, 3.63) is 35.6 Å². The normalized spacial score (nSPS) is 14.7. The van der Waals surface area contributed by atoms with Gasteiger partial charge in [0, 0.05) is 29.9 Å². The molecule has 31 heavy (non-hydrogen) atoms. The number of ether oxygens (including phenoxy) is 2. The molecule has 1 saturated carbocycles. The van der Waals surface area contributed by atoms with Gasteiger partial charge in [-0.1, -0.05) is 0 Å². The first-order valence-electron chi connectivity index (χ1n) is 9.71. The highest BCUT2D eigenvalue weighted by Crippen LogP contribution is 2.35. The van der Waals surface area contributed by atoms with E-state index in [0.717, 1.165) is 18.9 Å². The molecule has 1 amide bonds. The number of nitriles is 1. The molecule has 1 aromatic carbocycles. The second-order valence-electron chi connectivity index (χ2n) is 7.30. The Bertz CT molecular complexity index is 984. The van der Waals surface area contributed by atoms with Crippen LogP contribution in [0.25, 0.3) is 0 Å². The van der Waals surface area contributed by atoms with Gasteiger partial charge in [0.15, 0.2) is 17.5 Å². The lowest BCUT2D eigenvalue weighted by Gasteiger charge is -2.25. The minimum Gasteiger partial charge on any atom is -0.497 e. The van der Waals surface area contributed by atoms with Crippen LogP contribution in [0.15, 0.2) is 24.3 Å². The van der Waals surface area contributed by atoms with Crippen molar-refractivity contribution >= 4 is 23.4 Å². The first kappa shape index (κ1) is 22.0. The minimum atomic E-state index is -1.13. The van der Waals surface area contributed by atoms with Gasteiger partial charge in [0.05, 0.1) is 25.8 Å². The Hall–Kier alpha value is -3.74. The van der Waals surface area contributed by atoms with Gasteiger partial charge < -0.3 is 30.5 Å². The van der Waals surface area contributed by atoms with E-state index in [1.54, 1.807) is 25.1 Å². The molecule has 164 valence electrons. The second kappa shape index (κ2) is 9.38. The summed E-state index contributed by atoms with van der Waals surface area (Å²) in [6, 6.07) is 7.27. The summed E-state index contributed by atoms with van der Waals surface area (Å²) in [5.74, 6) is 0.608. The third kappa shape index (κ3) is 5.45. The number of rotatable bonds is 9. The first-order valence-corrected chi connectivity index (χ1v) is 9.71. The highest BCUT2D eigenvalue weighted by atomic mass is 19.1. The molecule has 10 heteroatoms. The molecule has 0 bridgehead atoms. The van der Waals surface area contributed by atoms with Gasteiger partial charge in [-0.25, -0.2) is 14.2 Å². The van der Waals surface area contributed by atoms with Crippen LogP contribution in [-0.2, 0) is 0 Å². The number of nitrogens with zero attached hydrogens (tertiary/aromatic N) is 2. The van der Waals surface area contributed by atoms with Crippen molar-refractivity contribution in [1.82, 2.24) is 10.3 Å². The number of benzene rings is 1. The van der Waals surface area contributed by atoms with Crippen molar-refractivity contribution in [1.29, 1.82) is 5.26 Å². The Balaban J connectivity index is 1.88. The molecule has 0 saturated heterocycles. The van der Waals surface area contributed by atoms with E-state index in [4.69, 9.17) is 14.6 Å². The number of carbonyl (C=O) groups is 1. The molecule has 0 unspecified atom stereocenters. The van der Waals surface area contributed by atoms with Crippen LogP contribution in [0, 0.1) is 23.1 Å². The van der Waals surface area contributed by atoms with Crippen molar-refractivity contribution in [3.8, 4) is 17.6 Å². The molecule has 2 aromatic rings. The second-order valence-corrected chi connectivity index (χ2v) is 7.30. The zero-order chi connectivity index (χ0) is 22.5. The smallest absolute Gasteiger partial charge is 0.404 e. The summed E-state index contributed by atoms with van der Waals surface area (Å²) >= 11 is 0. The van der Waals surface area contributed by atoms with Gasteiger partial charge in [0.1, 0.15) is 17.6 Å². The molecule has 1 heterocycles. The molecule has 1 aromatic heterocycles. The van der Waals surface area contributed by atoms with E-state index in [0.29, 0.717) is 17.2 Å². The zero-order valence-electron chi connectivity index (χ0n) is 17.4. The van der Waals surface area contributed by atoms with Crippen LogP contribution in [0.2, 0.25) is 0 Å². The lowest BCUT2D eigenvalue weighted by atomic mass is 10.1. The van der Waals surface area contributed by atoms with Crippen molar-refractivity contribution in [2.24, 2.45) is 5.92 Å². The maximum Gasteiger partial charge on any atom is 0.404 e. The summed E-state index contributed by atoms with van der Waals surface area (Å²) in [6.07, 6.45) is 0.684. The molecular formula is C21H24FN5O4. The van der Waals surface area contributed by atoms with Gasteiger partial charge in [-0.15, -0.1) is 0 Å². The van der Waals surface area contributed by atoms with Gasteiger partial charge >= 0.3 is 6.09 Å². The van der Waals surface area contributed by atoms with E-state index in [1.807, 2.05) is 6.07 Å². The summed E-state index contributed by atoms with van der Waals surface area (Å²) in [7, 11) is 3.03. The fraction of sp³-hybridized carbons (Fsp3) is 0.381. The van der Waals surface area contributed by atoms with Crippen LogP contribution in [0.4, 0.5) is 26.5 Å². The number of methoxy groups -OCH3 is 2. The van der Waals surface area contributed by atoms with Crippen molar-refractivity contribution in [2.75, 3.05) is 24.9 Å². The summed E-state index contributed by atoms with van der Waals surface area (Å²) in [4.78, 5) is 15.4. The number of amides is 1. The molecular weight excluding hydrogens is 405 g/mol. The van der Waals surface area contributed by atoms with Crippen LogP contribution in [0.3, 0.4) is 0 Å². The summed E-state index contributed by atoms with van der Waals surface area (Å²) in [5.41, 5.74) is 0.550. The van der Waals surface area contributed by atoms with E-state index >= 15 is 0 Å².